The number of rotatable bonds is 6. The van der Waals surface area contributed by atoms with E-state index in [0.717, 1.165) is 11.8 Å². The number of carbonyl (C=O) groups is 1. The Labute approximate surface area is 167 Å². The average molecular weight is 411 g/mol. The van der Waals surface area contributed by atoms with Crippen LogP contribution in [0.4, 0.5) is 0 Å². The van der Waals surface area contributed by atoms with Crippen LogP contribution in [0.3, 0.4) is 0 Å². The quantitative estimate of drug-likeness (QED) is 0.763. The molecule has 0 bridgehead atoms. The molecule has 1 atom stereocenters. The third-order valence-electron chi connectivity index (χ3n) is 4.36. The van der Waals surface area contributed by atoms with Gasteiger partial charge in [-0.2, -0.15) is 0 Å². The standard InChI is InChI=1S/C20H26N2O3S.ClH/c1-13(2)15-7-9-16(10-8-15)18(21)12-22-20(23)17-6-5-14(3)19(11-17)26(4,24)25;/h5-11,13,18H,12,21H2,1-4H3,(H,22,23);1H. The molecule has 148 valence electrons. The van der Waals surface area contributed by atoms with Gasteiger partial charge in [0.15, 0.2) is 9.84 Å². The van der Waals surface area contributed by atoms with Crippen LogP contribution in [-0.2, 0) is 9.84 Å². The second-order valence-electron chi connectivity index (χ2n) is 6.89. The van der Waals surface area contributed by atoms with Crippen molar-refractivity contribution >= 4 is 28.2 Å². The molecule has 0 spiro atoms. The molecule has 7 heteroatoms. The maximum Gasteiger partial charge on any atom is 0.251 e. The lowest BCUT2D eigenvalue weighted by molar-refractivity contribution is 0.0951. The van der Waals surface area contributed by atoms with Crippen molar-refractivity contribution < 1.29 is 13.2 Å². The summed E-state index contributed by atoms with van der Waals surface area (Å²) in [5.41, 5.74) is 9.26. The fourth-order valence-electron chi connectivity index (χ4n) is 2.69. The molecule has 0 aliphatic rings. The van der Waals surface area contributed by atoms with Crippen LogP contribution in [0.25, 0.3) is 0 Å². The summed E-state index contributed by atoms with van der Waals surface area (Å²) in [7, 11) is -3.38. The number of nitrogens with two attached hydrogens (primary N) is 1. The molecule has 1 amide bonds. The van der Waals surface area contributed by atoms with Gasteiger partial charge in [0.1, 0.15) is 0 Å². The lowest BCUT2D eigenvalue weighted by Crippen LogP contribution is -2.32. The predicted molar refractivity (Wildman–Crippen MR) is 111 cm³/mol. The summed E-state index contributed by atoms with van der Waals surface area (Å²) in [6.07, 6.45) is 1.13. The van der Waals surface area contributed by atoms with Crippen LogP contribution in [0.1, 0.15) is 52.9 Å². The first-order valence-electron chi connectivity index (χ1n) is 8.54. The van der Waals surface area contributed by atoms with Gasteiger partial charge in [0.2, 0.25) is 0 Å². The largest absolute Gasteiger partial charge is 0.350 e. The number of sulfone groups is 1. The summed E-state index contributed by atoms with van der Waals surface area (Å²) in [5, 5.41) is 2.77. The van der Waals surface area contributed by atoms with Gasteiger partial charge in [-0.05, 0) is 41.7 Å². The number of carbonyl (C=O) groups excluding carboxylic acids is 1. The Balaban J connectivity index is 0.00000364. The molecule has 2 aromatic rings. The molecule has 27 heavy (non-hydrogen) atoms. The first-order chi connectivity index (χ1) is 12.1. The van der Waals surface area contributed by atoms with Crippen molar-refractivity contribution in [2.45, 2.75) is 37.6 Å². The number of nitrogens with one attached hydrogen (secondary N) is 1. The zero-order valence-electron chi connectivity index (χ0n) is 16.0. The molecule has 0 aromatic heterocycles. The Morgan fingerprint density at radius 2 is 1.63 bits per heavy atom. The van der Waals surface area contributed by atoms with Crippen LogP contribution in [0, 0.1) is 6.92 Å². The molecule has 5 nitrogen and oxygen atoms in total. The zero-order chi connectivity index (χ0) is 19.5. The smallest absolute Gasteiger partial charge is 0.251 e. The predicted octanol–water partition coefficient (Wildman–Crippen LogP) is 3.37. The van der Waals surface area contributed by atoms with E-state index < -0.39 is 9.84 Å². The first kappa shape index (κ1) is 23.1. The maximum absolute atomic E-state index is 12.4. The molecular weight excluding hydrogens is 384 g/mol. The fourth-order valence-corrected chi connectivity index (χ4v) is 3.69. The van der Waals surface area contributed by atoms with Gasteiger partial charge in [-0.3, -0.25) is 4.79 Å². The summed E-state index contributed by atoms with van der Waals surface area (Å²) in [4.78, 5) is 12.5. The van der Waals surface area contributed by atoms with Crippen molar-refractivity contribution in [3.05, 3.63) is 64.7 Å². The lowest BCUT2D eigenvalue weighted by Gasteiger charge is -2.15. The van der Waals surface area contributed by atoms with Crippen LogP contribution in [0.15, 0.2) is 47.4 Å². The van der Waals surface area contributed by atoms with E-state index in [1.54, 1.807) is 19.1 Å². The average Bonchev–Trinajstić information content (AvgIpc) is 2.58. The summed E-state index contributed by atoms with van der Waals surface area (Å²) >= 11 is 0. The first-order valence-corrected chi connectivity index (χ1v) is 10.4. The van der Waals surface area contributed by atoms with Gasteiger partial charge in [-0.25, -0.2) is 8.42 Å². The van der Waals surface area contributed by atoms with Crippen LogP contribution >= 0.6 is 12.4 Å². The van der Waals surface area contributed by atoms with E-state index in [2.05, 4.69) is 19.2 Å². The molecule has 0 saturated heterocycles. The van der Waals surface area contributed by atoms with Crippen LogP contribution < -0.4 is 11.1 Å². The van der Waals surface area contributed by atoms with Gasteiger partial charge in [0.05, 0.1) is 4.90 Å². The molecule has 0 aliphatic carbocycles. The molecule has 0 fully saturated rings. The molecule has 3 N–H and O–H groups in total. The number of amides is 1. The van der Waals surface area contributed by atoms with E-state index in [4.69, 9.17) is 5.73 Å². The second-order valence-corrected chi connectivity index (χ2v) is 8.87. The third-order valence-corrected chi connectivity index (χ3v) is 5.60. The van der Waals surface area contributed by atoms with E-state index in [0.29, 0.717) is 17.0 Å². The van der Waals surface area contributed by atoms with Crippen molar-refractivity contribution in [3.63, 3.8) is 0 Å². The number of hydrogen-bond donors (Lipinski definition) is 2. The highest BCUT2D eigenvalue weighted by Crippen LogP contribution is 2.19. The van der Waals surface area contributed by atoms with Gasteiger partial charge in [0.25, 0.3) is 5.91 Å². The van der Waals surface area contributed by atoms with Crippen molar-refractivity contribution in [2.75, 3.05) is 12.8 Å². The van der Waals surface area contributed by atoms with Crippen LogP contribution in [0.5, 0.6) is 0 Å². The number of aryl methyl sites for hydroxylation is 1. The Morgan fingerprint density at radius 3 is 2.15 bits per heavy atom. The summed E-state index contributed by atoms with van der Waals surface area (Å²) in [6.45, 7) is 6.22. The highest BCUT2D eigenvalue weighted by Gasteiger charge is 2.15. The molecular formula is C20H27ClN2O3S. The number of hydrogen-bond acceptors (Lipinski definition) is 4. The Bertz CT molecular complexity index is 894. The van der Waals surface area contributed by atoms with Crippen molar-refractivity contribution in [3.8, 4) is 0 Å². The fraction of sp³-hybridized carbons (Fsp3) is 0.350. The lowest BCUT2D eigenvalue weighted by atomic mass is 9.99. The summed E-state index contributed by atoms with van der Waals surface area (Å²) in [5.74, 6) is 0.106. The van der Waals surface area contributed by atoms with E-state index in [-0.39, 0.29) is 35.8 Å². The van der Waals surface area contributed by atoms with Crippen molar-refractivity contribution in [2.24, 2.45) is 5.73 Å². The van der Waals surface area contributed by atoms with Gasteiger partial charge in [-0.15, -0.1) is 12.4 Å². The Hall–Kier alpha value is -1.89. The zero-order valence-corrected chi connectivity index (χ0v) is 17.7. The SMILES string of the molecule is Cc1ccc(C(=O)NCC(N)c2ccc(C(C)C)cc2)cc1S(C)(=O)=O.Cl. The van der Waals surface area contributed by atoms with E-state index >= 15 is 0 Å². The normalized spacial score (nSPS) is 12.4. The maximum atomic E-state index is 12.4. The number of benzene rings is 2. The highest BCUT2D eigenvalue weighted by atomic mass is 35.5. The minimum absolute atomic E-state index is 0. The Kier molecular flexibility index (Phi) is 8.02. The molecule has 0 aliphatic heterocycles. The molecule has 2 aromatic carbocycles. The summed E-state index contributed by atoms with van der Waals surface area (Å²) in [6, 6.07) is 12.3. The van der Waals surface area contributed by atoms with E-state index in [1.807, 2.05) is 24.3 Å². The molecule has 0 heterocycles. The van der Waals surface area contributed by atoms with E-state index in [9.17, 15) is 13.2 Å². The monoisotopic (exact) mass is 410 g/mol. The topological polar surface area (TPSA) is 89.3 Å². The number of halogens is 1. The molecule has 0 saturated carbocycles. The van der Waals surface area contributed by atoms with Crippen LogP contribution in [0.2, 0.25) is 0 Å². The third kappa shape index (κ3) is 6.06. The minimum atomic E-state index is -3.38. The molecule has 1 unspecified atom stereocenters. The highest BCUT2D eigenvalue weighted by molar-refractivity contribution is 7.90. The van der Waals surface area contributed by atoms with Gasteiger partial charge in [-0.1, -0.05) is 44.2 Å². The van der Waals surface area contributed by atoms with E-state index in [1.165, 1.54) is 11.6 Å². The Morgan fingerprint density at radius 1 is 1.07 bits per heavy atom. The molecule has 2 rings (SSSR count). The minimum Gasteiger partial charge on any atom is -0.350 e. The van der Waals surface area contributed by atoms with Gasteiger partial charge >= 0.3 is 0 Å². The van der Waals surface area contributed by atoms with Crippen molar-refractivity contribution in [1.82, 2.24) is 5.32 Å². The second kappa shape index (κ2) is 9.35. The summed E-state index contributed by atoms with van der Waals surface area (Å²) < 4.78 is 23.6. The van der Waals surface area contributed by atoms with Gasteiger partial charge < -0.3 is 11.1 Å². The van der Waals surface area contributed by atoms with Crippen LogP contribution in [-0.4, -0.2) is 27.1 Å². The van der Waals surface area contributed by atoms with Crippen molar-refractivity contribution in [1.29, 1.82) is 0 Å². The van der Waals surface area contributed by atoms with Gasteiger partial charge in [0, 0.05) is 24.4 Å². The molecule has 0 radical (unpaired) electrons.